The molecule has 0 fully saturated rings. The van der Waals surface area contributed by atoms with Crippen molar-refractivity contribution in [2.75, 3.05) is 14.2 Å². The van der Waals surface area contributed by atoms with E-state index in [4.69, 9.17) is 26.1 Å². The van der Waals surface area contributed by atoms with Crippen molar-refractivity contribution in [3.63, 3.8) is 0 Å². The molecule has 5 rings (SSSR count). The van der Waals surface area contributed by atoms with Crippen LogP contribution in [0.4, 0.5) is 4.39 Å². The number of ketones is 1. The van der Waals surface area contributed by atoms with Crippen molar-refractivity contribution in [3.8, 4) is 22.8 Å². The third kappa shape index (κ3) is 5.53. The normalized spacial score (nSPS) is 12.4. The second kappa shape index (κ2) is 11.4. The van der Waals surface area contributed by atoms with Crippen molar-refractivity contribution >= 4 is 23.3 Å². The van der Waals surface area contributed by atoms with Crippen LogP contribution in [0.25, 0.3) is 11.3 Å². The minimum Gasteiger partial charge on any atom is -0.497 e. The van der Waals surface area contributed by atoms with Gasteiger partial charge >= 0.3 is 0 Å². The maximum Gasteiger partial charge on any atom is 0.256 e. The van der Waals surface area contributed by atoms with Crippen molar-refractivity contribution < 1.29 is 23.5 Å². The molecule has 1 aliphatic heterocycles. The lowest BCUT2D eigenvalue weighted by molar-refractivity contribution is -0.116. The van der Waals surface area contributed by atoms with Crippen molar-refractivity contribution in [2.24, 2.45) is 0 Å². The number of halogens is 2. The van der Waals surface area contributed by atoms with Crippen LogP contribution in [0.2, 0.25) is 5.02 Å². The second-order valence-corrected chi connectivity index (χ2v) is 10.0. The molecule has 0 atom stereocenters. The number of Topliss-reactive ketones (excluding diaryl/α,β-unsaturated/α-hetero) is 1. The van der Waals surface area contributed by atoms with Crippen LogP contribution in [-0.2, 0) is 30.7 Å². The third-order valence-corrected chi connectivity index (χ3v) is 7.12. The summed E-state index contributed by atoms with van der Waals surface area (Å²) in [6.07, 6.45) is 2.28. The van der Waals surface area contributed by atoms with Gasteiger partial charge in [-0.1, -0.05) is 23.7 Å². The van der Waals surface area contributed by atoms with Crippen molar-refractivity contribution in [2.45, 2.75) is 32.9 Å². The molecule has 2 aromatic carbocycles. The number of amides is 1. The van der Waals surface area contributed by atoms with E-state index < -0.39 is 5.82 Å². The maximum absolute atomic E-state index is 14.9. The Morgan fingerprint density at radius 1 is 1.05 bits per heavy atom. The van der Waals surface area contributed by atoms with Crippen molar-refractivity contribution in [3.05, 3.63) is 105 Å². The zero-order valence-corrected chi connectivity index (χ0v) is 23.1. The number of pyridine rings is 2. The fourth-order valence-corrected chi connectivity index (χ4v) is 5.17. The summed E-state index contributed by atoms with van der Waals surface area (Å²) < 4.78 is 25.7. The molecule has 9 heteroatoms. The summed E-state index contributed by atoms with van der Waals surface area (Å²) >= 11 is 6.39. The van der Waals surface area contributed by atoms with E-state index in [-0.39, 0.29) is 35.4 Å². The van der Waals surface area contributed by atoms with Gasteiger partial charge in [0, 0.05) is 36.4 Å². The predicted octanol–water partition coefficient (Wildman–Crippen LogP) is 5.83. The molecule has 7 nitrogen and oxygen atoms in total. The molecule has 40 heavy (non-hydrogen) atoms. The van der Waals surface area contributed by atoms with Gasteiger partial charge in [0.05, 0.1) is 54.8 Å². The summed E-state index contributed by atoms with van der Waals surface area (Å²) in [7, 11) is 3.14. The molecule has 2 aromatic heterocycles. The number of carbonyl (C=O) groups is 2. The molecule has 0 aliphatic carbocycles. The standard InChI is InChI=1S/C31H27ClFN3O4/c1-18(37)11-19-7-9-22(34-15-19)12-21-13-26(30-24(32)5-4-6-25(30)33)35-27-17-36(31(38)29(21)27)16-20-8-10-23(39-2)14-28(20)40-3/h4-10,13-15H,11-12,16-17H2,1-3H3. The lowest BCUT2D eigenvalue weighted by Crippen LogP contribution is -2.24. The van der Waals surface area contributed by atoms with Gasteiger partial charge in [-0.2, -0.15) is 0 Å². The van der Waals surface area contributed by atoms with Gasteiger partial charge in [0.2, 0.25) is 0 Å². The van der Waals surface area contributed by atoms with Gasteiger partial charge in [0.15, 0.2) is 0 Å². The number of rotatable bonds is 9. The monoisotopic (exact) mass is 559 g/mol. The molecule has 4 aromatic rings. The minimum atomic E-state index is -0.498. The fraction of sp³-hybridized carbons (Fsp3) is 0.226. The lowest BCUT2D eigenvalue weighted by atomic mass is 9.98. The number of carbonyl (C=O) groups excluding carboxylic acids is 2. The zero-order chi connectivity index (χ0) is 28.4. The fourth-order valence-electron chi connectivity index (χ4n) is 4.91. The molecular formula is C31H27ClFN3O4. The second-order valence-electron chi connectivity index (χ2n) is 9.64. The van der Waals surface area contributed by atoms with Gasteiger partial charge in [-0.15, -0.1) is 0 Å². The Morgan fingerprint density at radius 2 is 1.88 bits per heavy atom. The van der Waals surface area contributed by atoms with E-state index in [2.05, 4.69) is 4.98 Å². The number of fused-ring (bicyclic) bond motifs is 1. The Kier molecular flexibility index (Phi) is 7.80. The molecule has 0 saturated carbocycles. The summed E-state index contributed by atoms with van der Waals surface area (Å²) in [6, 6.07) is 15.3. The summed E-state index contributed by atoms with van der Waals surface area (Å²) in [5, 5.41) is 0.231. The van der Waals surface area contributed by atoms with E-state index in [1.807, 2.05) is 24.3 Å². The molecule has 0 radical (unpaired) electrons. The Hall–Kier alpha value is -4.30. The van der Waals surface area contributed by atoms with Crippen LogP contribution in [0.5, 0.6) is 11.5 Å². The van der Waals surface area contributed by atoms with Crippen LogP contribution in [0.1, 0.15) is 45.4 Å². The average molecular weight is 560 g/mol. The first-order valence-electron chi connectivity index (χ1n) is 12.7. The lowest BCUT2D eigenvalue weighted by Gasteiger charge is -2.18. The Labute approximate surface area is 236 Å². The van der Waals surface area contributed by atoms with Gasteiger partial charge < -0.3 is 14.4 Å². The average Bonchev–Trinajstić information content (AvgIpc) is 3.24. The van der Waals surface area contributed by atoms with Crippen LogP contribution >= 0.6 is 11.6 Å². The Bertz CT molecular complexity index is 1590. The minimum absolute atomic E-state index is 0.0482. The SMILES string of the molecule is COc1ccc(CN2Cc3nc(-c4c(F)cccc4Cl)cc(Cc4ccc(CC(C)=O)cn4)c3C2=O)c(OC)c1. The number of ether oxygens (including phenoxy) is 2. The highest BCUT2D eigenvalue weighted by Gasteiger charge is 2.33. The quantitative estimate of drug-likeness (QED) is 0.257. The van der Waals surface area contributed by atoms with Gasteiger partial charge in [0.1, 0.15) is 23.1 Å². The first-order valence-corrected chi connectivity index (χ1v) is 13.1. The molecule has 0 N–H and O–H groups in total. The Morgan fingerprint density at radius 3 is 2.55 bits per heavy atom. The smallest absolute Gasteiger partial charge is 0.256 e. The Balaban J connectivity index is 1.54. The highest BCUT2D eigenvalue weighted by molar-refractivity contribution is 6.33. The largest absolute Gasteiger partial charge is 0.497 e. The highest BCUT2D eigenvalue weighted by atomic mass is 35.5. The van der Waals surface area contributed by atoms with E-state index in [1.54, 1.807) is 43.5 Å². The van der Waals surface area contributed by atoms with E-state index >= 15 is 0 Å². The molecule has 0 spiro atoms. The number of benzene rings is 2. The first-order chi connectivity index (χ1) is 19.3. The summed E-state index contributed by atoms with van der Waals surface area (Å²) in [5.41, 5.74) is 4.53. The summed E-state index contributed by atoms with van der Waals surface area (Å²) in [4.78, 5) is 36.1. The van der Waals surface area contributed by atoms with E-state index in [9.17, 15) is 14.0 Å². The van der Waals surface area contributed by atoms with Crippen LogP contribution in [-0.4, -0.2) is 40.8 Å². The van der Waals surface area contributed by atoms with Crippen LogP contribution < -0.4 is 9.47 Å². The number of methoxy groups -OCH3 is 2. The van der Waals surface area contributed by atoms with Crippen LogP contribution in [0, 0.1) is 5.82 Å². The zero-order valence-electron chi connectivity index (χ0n) is 22.3. The molecule has 1 amide bonds. The van der Waals surface area contributed by atoms with Crippen molar-refractivity contribution in [1.29, 1.82) is 0 Å². The van der Waals surface area contributed by atoms with Gasteiger partial charge in [0.25, 0.3) is 5.91 Å². The van der Waals surface area contributed by atoms with Crippen molar-refractivity contribution in [1.82, 2.24) is 14.9 Å². The van der Waals surface area contributed by atoms with Gasteiger partial charge in [-0.3, -0.25) is 14.6 Å². The summed E-state index contributed by atoms with van der Waals surface area (Å²) in [6.45, 7) is 2.05. The highest BCUT2D eigenvalue weighted by Crippen LogP contribution is 2.36. The molecule has 0 bridgehead atoms. The number of nitrogens with zero attached hydrogens (tertiary/aromatic N) is 3. The number of aromatic nitrogens is 2. The molecule has 0 unspecified atom stereocenters. The predicted molar refractivity (Wildman–Crippen MR) is 149 cm³/mol. The van der Waals surface area contributed by atoms with Crippen LogP contribution in [0.15, 0.2) is 60.8 Å². The third-order valence-electron chi connectivity index (χ3n) is 6.80. The van der Waals surface area contributed by atoms with E-state index in [1.165, 1.54) is 19.1 Å². The number of hydrogen-bond acceptors (Lipinski definition) is 6. The molecule has 204 valence electrons. The number of hydrogen-bond donors (Lipinski definition) is 0. The topological polar surface area (TPSA) is 81.6 Å². The molecule has 1 aliphatic rings. The van der Waals surface area contributed by atoms with Gasteiger partial charge in [-0.25, -0.2) is 9.37 Å². The molecule has 3 heterocycles. The molecular weight excluding hydrogens is 533 g/mol. The van der Waals surface area contributed by atoms with E-state index in [0.717, 1.165) is 11.1 Å². The van der Waals surface area contributed by atoms with Gasteiger partial charge in [-0.05, 0) is 54.4 Å². The first kappa shape index (κ1) is 27.3. The van der Waals surface area contributed by atoms with E-state index in [0.29, 0.717) is 52.5 Å². The van der Waals surface area contributed by atoms with Crippen LogP contribution in [0.3, 0.4) is 0 Å². The maximum atomic E-state index is 14.9. The molecule has 0 saturated heterocycles. The summed E-state index contributed by atoms with van der Waals surface area (Å²) in [5.74, 6) is 0.613.